The van der Waals surface area contributed by atoms with Gasteiger partial charge in [0.15, 0.2) is 0 Å². The van der Waals surface area contributed by atoms with E-state index in [2.05, 4.69) is 47.3 Å². The summed E-state index contributed by atoms with van der Waals surface area (Å²) < 4.78 is 0. The molecule has 0 bridgehead atoms. The first kappa shape index (κ1) is 12.0. The summed E-state index contributed by atoms with van der Waals surface area (Å²) in [5.74, 6) is 0. The van der Waals surface area contributed by atoms with E-state index in [-0.39, 0.29) is 0 Å². The SMILES string of the molecule is CC1CN(C)CCN1Cc1ccc2c(c1)NCC2. The van der Waals surface area contributed by atoms with E-state index in [0.29, 0.717) is 6.04 Å². The van der Waals surface area contributed by atoms with Gasteiger partial charge < -0.3 is 10.2 Å². The Morgan fingerprint density at radius 2 is 2.22 bits per heavy atom. The molecule has 3 heteroatoms. The largest absolute Gasteiger partial charge is 0.384 e. The Labute approximate surface area is 110 Å². The van der Waals surface area contributed by atoms with Crippen molar-refractivity contribution >= 4 is 5.69 Å². The van der Waals surface area contributed by atoms with Crippen molar-refractivity contribution in [3.8, 4) is 0 Å². The number of anilines is 1. The van der Waals surface area contributed by atoms with Crippen molar-refractivity contribution in [2.45, 2.75) is 25.9 Å². The van der Waals surface area contributed by atoms with Gasteiger partial charge in [-0.25, -0.2) is 0 Å². The summed E-state index contributed by atoms with van der Waals surface area (Å²) in [5, 5.41) is 3.47. The smallest absolute Gasteiger partial charge is 0.0376 e. The standard InChI is InChI=1S/C15H23N3/c1-12-10-17(2)7-8-18(12)11-13-3-4-14-5-6-16-15(14)9-13/h3-4,9,12,16H,5-8,10-11H2,1-2H3. The van der Waals surface area contributed by atoms with Crippen LogP contribution in [0, 0.1) is 0 Å². The topological polar surface area (TPSA) is 18.5 Å². The van der Waals surface area contributed by atoms with Gasteiger partial charge >= 0.3 is 0 Å². The number of piperazine rings is 1. The van der Waals surface area contributed by atoms with E-state index in [1.54, 1.807) is 0 Å². The molecule has 0 saturated carbocycles. The Kier molecular flexibility index (Phi) is 3.27. The van der Waals surface area contributed by atoms with Gasteiger partial charge in [0.25, 0.3) is 0 Å². The Balaban J connectivity index is 1.69. The third kappa shape index (κ3) is 2.38. The lowest BCUT2D eigenvalue weighted by Gasteiger charge is -2.38. The molecule has 0 radical (unpaired) electrons. The van der Waals surface area contributed by atoms with E-state index >= 15 is 0 Å². The van der Waals surface area contributed by atoms with Crippen molar-refractivity contribution in [3.05, 3.63) is 29.3 Å². The minimum absolute atomic E-state index is 0.657. The van der Waals surface area contributed by atoms with E-state index in [9.17, 15) is 0 Å². The molecule has 1 atom stereocenters. The van der Waals surface area contributed by atoms with Crippen LogP contribution in [0.3, 0.4) is 0 Å². The average Bonchev–Trinajstić information content (AvgIpc) is 2.80. The second-order valence-electron chi connectivity index (χ2n) is 5.75. The molecule has 0 amide bonds. The van der Waals surface area contributed by atoms with Crippen LogP contribution in [0.1, 0.15) is 18.1 Å². The summed E-state index contributed by atoms with van der Waals surface area (Å²) in [5.41, 5.74) is 4.28. The molecule has 1 saturated heterocycles. The molecule has 1 aromatic carbocycles. The summed E-state index contributed by atoms with van der Waals surface area (Å²) in [6.07, 6.45) is 1.18. The maximum absolute atomic E-state index is 3.47. The number of hydrogen-bond donors (Lipinski definition) is 1. The van der Waals surface area contributed by atoms with Gasteiger partial charge in [0.2, 0.25) is 0 Å². The quantitative estimate of drug-likeness (QED) is 0.857. The number of rotatable bonds is 2. The zero-order valence-electron chi connectivity index (χ0n) is 11.4. The molecule has 2 heterocycles. The molecule has 3 nitrogen and oxygen atoms in total. The molecule has 98 valence electrons. The molecule has 3 rings (SSSR count). The summed E-state index contributed by atoms with van der Waals surface area (Å²) in [7, 11) is 2.22. The van der Waals surface area contributed by atoms with Gasteiger partial charge in [-0.2, -0.15) is 0 Å². The maximum Gasteiger partial charge on any atom is 0.0376 e. The zero-order chi connectivity index (χ0) is 12.5. The molecule has 1 N–H and O–H groups in total. The summed E-state index contributed by atoms with van der Waals surface area (Å²) in [6.45, 7) is 8.08. The second-order valence-corrected chi connectivity index (χ2v) is 5.75. The van der Waals surface area contributed by atoms with Gasteiger partial charge in [-0.15, -0.1) is 0 Å². The predicted octanol–water partition coefficient (Wildman–Crippen LogP) is 1.79. The van der Waals surface area contributed by atoms with Crippen molar-refractivity contribution in [2.24, 2.45) is 0 Å². The van der Waals surface area contributed by atoms with Crippen molar-refractivity contribution in [2.75, 3.05) is 38.5 Å². The number of nitrogens with zero attached hydrogens (tertiary/aromatic N) is 2. The van der Waals surface area contributed by atoms with Crippen LogP contribution in [0.5, 0.6) is 0 Å². The Hall–Kier alpha value is -1.06. The fraction of sp³-hybridized carbons (Fsp3) is 0.600. The first-order valence-corrected chi connectivity index (χ1v) is 7.00. The highest BCUT2D eigenvalue weighted by Crippen LogP contribution is 2.24. The van der Waals surface area contributed by atoms with E-state index in [1.165, 1.54) is 42.9 Å². The number of benzene rings is 1. The summed E-state index contributed by atoms with van der Waals surface area (Å²) >= 11 is 0. The predicted molar refractivity (Wildman–Crippen MR) is 76.0 cm³/mol. The minimum atomic E-state index is 0.657. The molecule has 0 aliphatic carbocycles. The van der Waals surface area contributed by atoms with Gasteiger partial charge in [-0.1, -0.05) is 12.1 Å². The van der Waals surface area contributed by atoms with Crippen LogP contribution < -0.4 is 5.32 Å². The first-order chi connectivity index (χ1) is 8.72. The zero-order valence-corrected chi connectivity index (χ0v) is 11.4. The molecule has 18 heavy (non-hydrogen) atoms. The molecule has 1 unspecified atom stereocenters. The normalized spacial score (nSPS) is 24.9. The molecule has 2 aliphatic heterocycles. The summed E-state index contributed by atoms with van der Waals surface area (Å²) in [4.78, 5) is 5.02. The lowest BCUT2D eigenvalue weighted by atomic mass is 10.1. The van der Waals surface area contributed by atoms with Crippen LogP contribution in [0.2, 0.25) is 0 Å². The first-order valence-electron chi connectivity index (χ1n) is 7.00. The lowest BCUT2D eigenvalue weighted by molar-refractivity contribution is 0.0938. The number of hydrogen-bond acceptors (Lipinski definition) is 3. The van der Waals surface area contributed by atoms with Gasteiger partial charge in [0, 0.05) is 44.5 Å². The number of fused-ring (bicyclic) bond motifs is 1. The van der Waals surface area contributed by atoms with Crippen molar-refractivity contribution in [3.63, 3.8) is 0 Å². The number of nitrogens with one attached hydrogen (secondary N) is 1. The van der Waals surface area contributed by atoms with E-state index < -0.39 is 0 Å². The monoisotopic (exact) mass is 245 g/mol. The number of likely N-dealkylation sites (N-methyl/N-ethyl adjacent to an activating group) is 1. The molecule has 0 spiro atoms. The molecule has 0 aromatic heterocycles. The Morgan fingerprint density at radius 1 is 1.33 bits per heavy atom. The lowest BCUT2D eigenvalue weighted by Crippen LogP contribution is -2.49. The van der Waals surface area contributed by atoms with Crippen LogP contribution in [-0.2, 0) is 13.0 Å². The highest BCUT2D eigenvalue weighted by atomic mass is 15.3. The third-order valence-corrected chi connectivity index (χ3v) is 4.24. The minimum Gasteiger partial charge on any atom is -0.384 e. The fourth-order valence-corrected chi connectivity index (χ4v) is 3.08. The molecular weight excluding hydrogens is 222 g/mol. The van der Waals surface area contributed by atoms with Gasteiger partial charge in [0.1, 0.15) is 0 Å². The Bertz CT molecular complexity index is 430. The van der Waals surface area contributed by atoms with Crippen molar-refractivity contribution in [1.29, 1.82) is 0 Å². The van der Waals surface area contributed by atoms with Crippen LogP contribution in [-0.4, -0.2) is 49.1 Å². The van der Waals surface area contributed by atoms with E-state index in [1.807, 2.05) is 0 Å². The highest BCUT2D eigenvalue weighted by molar-refractivity contribution is 5.57. The molecule has 1 fully saturated rings. The van der Waals surface area contributed by atoms with Crippen LogP contribution in [0.25, 0.3) is 0 Å². The Morgan fingerprint density at radius 3 is 3.06 bits per heavy atom. The molecule has 2 aliphatic rings. The average molecular weight is 245 g/mol. The van der Waals surface area contributed by atoms with Crippen molar-refractivity contribution in [1.82, 2.24) is 9.80 Å². The van der Waals surface area contributed by atoms with E-state index in [4.69, 9.17) is 0 Å². The van der Waals surface area contributed by atoms with E-state index in [0.717, 1.165) is 13.1 Å². The fourth-order valence-electron chi connectivity index (χ4n) is 3.08. The second kappa shape index (κ2) is 4.90. The molecule has 1 aromatic rings. The van der Waals surface area contributed by atoms with Gasteiger partial charge in [-0.05, 0) is 37.6 Å². The maximum atomic E-state index is 3.47. The van der Waals surface area contributed by atoms with Gasteiger partial charge in [0.05, 0.1) is 0 Å². The van der Waals surface area contributed by atoms with Gasteiger partial charge in [-0.3, -0.25) is 4.90 Å². The third-order valence-electron chi connectivity index (χ3n) is 4.24. The van der Waals surface area contributed by atoms with Crippen LogP contribution in [0.15, 0.2) is 18.2 Å². The van der Waals surface area contributed by atoms with Crippen LogP contribution >= 0.6 is 0 Å². The summed E-state index contributed by atoms with van der Waals surface area (Å²) in [6, 6.07) is 7.60. The van der Waals surface area contributed by atoms with Crippen molar-refractivity contribution < 1.29 is 0 Å². The van der Waals surface area contributed by atoms with Crippen LogP contribution in [0.4, 0.5) is 5.69 Å². The molecular formula is C15H23N3. The highest BCUT2D eigenvalue weighted by Gasteiger charge is 2.21.